The molecule has 26 heavy (non-hydrogen) atoms. The number of sulfonamides is 1. The van der Waals surface area contributed by atoms with Crippen LogP contribution in [-0.2, 0) is 22.6 Å². The normalized spacial score (nSPS) is 18.2. The molecule has 1 aliphatic rings. The lowest BCUT2D eigenvalue weighted by molar-refractivity contribution is -0.137. The predicted octanol–water partition coefficient (Wildman–Crippen LogP) is 1.37. The van der Waals surface area contributed by atoms with Gasteiger partial charge in [0.15, 0.2) is 0 Å². The van der Waals surface area contributed by atoms with Crippen LogP contribution in [0.15, 0.2) is 18.3 Å². The van der Waals surface area contributed by atoms with Crippen LogP contribution in [0.2, 0.25) is 0 Å². The smallest absolute Gasteiger partial charge is 0.338 e. The molecule has 1 aliphatic heterocycles. The molecule has 7 nitrogen and oxygen atoms in total. The van der Waals surface area contributed by atoms with Crippen molar-refractivity contribution >= 4 is 16.1 Å². The molecule has 2 heterocycles. The average molecular weight is 394 g/mol. The summed E-state index contributed by atoms with van der Waals surface area (Å²) >= 11 is 0. The van der Waals surface area contributed by atoms with Gasteiger partial charge >= 0.3 is 12.2 Å². The van der Waals surface area contributed by atoms with E-state index < -0.39 is 33.0 Å². The number of pyridine rings is 1. The minimum atomic E-state index is -4.44. The number of alkyl halides is 3. The highest BCUT2D eigenvalue weighted by atomic mass is 32.2. The summed E-state index contributed by atoms with van der Waals surface area (Å²) in [4.78, 5) is 17.3. The minimum Gasteiger partial charge on any atom is -0.338 e. The second-order valence-corrected chi connectivity index (χ2v) is 7.96. The van der Waals surface area contributed by atoms with Gasteiger partial charge in [0, 0.05) is 44.5 Å². The second-order valence-electron chi connectivity index (χ2n) is 5.92. The number of nitrogens with zero attached hydrogens (tertiary/aromatic N) is 2. The number of rotatable bonds is 6. The molecule has 11 heteroatoms. The largest absolute Gasteiger partial charge is 0.416 e. The van der Waals surface area contributed by atoms with Crippen molar-refractivity contribution in [3.8, 4) is 0 Å². The van der Waals surface area contributed by atoms with Crippen molar-refractivity contribution in [1.82, 2.24) is 19.9 Å². The molecule has 1 aromatic rings. The summed E-state index contributed by atoms with van der Waals surface area (Å²) in [5, 5.41) is 1.93. The fourth-order valence-corrected chi connectivity index (χ4v) is 4.12. The maximum atomic E-state index is 12.7. The van der Waals surface area contributed by atoms with Crippen molar-refractivity contribution in [3.05, 3.63) is 29.6 Å². The summed E-state index contributed by atoms with van der Waals surface area (Å²) < 4.78 is 64.3. The van der Waals surface area contributed by atoms with E-state index in [0.717, 1.165) is 18.3 Å². The molecular weight excluding hydrogens is 373 g/mol. The maximum absolute atomic E-state index is 12.7. The van der Waals surface area contributed by atoms with Crippen molar-refractivity contribution < 1.29 is 26.4 Å². The van der Waals surface area contributed by atoms with E-state index in [9.17, 15) is 26.4 Å². The molecule has 2 rings (SSSR count). The van der Waals surface area contributed by atoms with Gasteiger partial charge in [-0.2, -0.15) is 13.2 Å². The first-order valence-corrected chi connectivity index (χ1v) is 9.71. The quantitative estimate of drug-likeness (QED) is 0.762. The number of carbonyl (C=O) groups is 1. The summed E-state index contributed by atoms with van der Waals surface area (Å²) in [5.41, 5.74) is -0.570. The predicted molar refractivity (Wildman–Crippen MR) is 88.9 cm³/mol. The number of hydrogen-bond acceptors (Lipinski definition) is 4. The first-order valence-electron chi connectivity index (χ1n) is 8.17. The molecule has 2 N–H and O–H groups in total. The Kier molecular flexibility index (Phi) is 6.45. The Morgan fingerprint density at radius 3 is 2.81 bits per heavy atom. The van der Waals surface area contributed by atoms with E-state index in [1.807, 2.05) is 0 Å². The SMILES string of the molecule is CCNS(=O)(=O)C1CCN(C(=O)NCCc2cc(C(F)(F)F)ccn2)C1. The molecule has 0 bridgehead atoms. The Morgan fingerprint density at radius 2 is 2.15 bits per heavy atom. The summed E-state index contributed by atoms with van der Waals surface area (Å²) in [5.74, 6) is 0. The Bertz CT molecular complexity index is 740. The van der Waals surface area contributed by atoms with E-state index in [-0.39, 0.29) is 31.7 Å². The topological polar surface area (TPSA) is 91.4 Å². The number of hydrogen-bond donors (Lipinski definition) is 2. The molecule has 146 valence electrons. The summed E-state index contributed by atoms with van der Waals surface area (Å²) in [6, 6.07) is 1.39. The van der Waals surface area contributed by atoms with E-state index in [2.05, 4.69) is 15.0 Å². The number of halogens is 3. The van der Waals surface area contributed by atoms with Crippen LogP contribution in [0.4, 0.5) is 18.0 Å². The van der Waals surface area contributed by atoms with Crippen molar-refractivity contribution in [1.29, 1.82) is 0 Å². The van der Waals surface area contributed by atoms with Gasteiger partial charge < -0.3 is 10.2 Å². The highest BCUT2D eigenvalue weighted by molar-refractivity contribution is 7.90. The molecule has 1 aromatic heterocycles. The van der Waals surface area contributed by atoms with Gasteiger partial charge in [0.1, 0.15) is 0 Å². The Hall–Kier alpha value is -1.88. The van der Waals surface area contributed by atoms with Crippen LogP contribution >= 0.6 is 0 Å². The molecule has 0 spiro atoms. The third kappa shape index (κ3) is 5.31. The van der Waals surface area contributed by atoms with Crippen molar-refractivity contribution in [2.45, 2.75) is 31.2 Å². The summed E-state index contributed by atoms with van der Waals surface area (Å²) in [6.07, 6.45) is -2.87. The highest BCUT2D eigenvalue weighted by Gasteiger charge is 2.34. The van der Waals surface area contributed by atoms with E-state index >= 15 is 0 Å². The zero-order valence-corrected chi connectivity index (χ0v) is 15.0. The van der Waals surface area contributed by atoms with E-state index in [0.29, 0.717) is 13.0 Å². The van der Waals surface area contributed by atoms with Gasteiger partial charge in [0.05, 0.1) is 10.8 Å². The molecule has 1 unspecified atom stereocenters. The molecule has 1 saturated heterocycles. The van der Waals surface area contributed by atoms with Gasteiger partial charge in [0.25, 0.3) is 0 Å². The fraction of sp³-hybridized carbons (Fsp3) is 0.600. The van der Waals surface area contributed by atoms with E-state index in [4.69, 9.17) is 0 Å². The van der Waals surface area contributed by atoms with Crippen LogP contribution in [0.1, 0.15) is 24.6 Å². The zero-order valence-electron chi connectivity index (χ0n) is 14.2. The molecule has 0 radical (unpaired) electrons. The monoisotopic (exact) mass is 394 g/mol. The van der Waals surface area contributed by atoms with Crippen LogP contribution in [0.5, 0.6) is 0 Å². The van der Waals surface area contributed by atoms with Crippen LogP contribution in [0, 0.1) is 0 Å². The molecule has 2 amide bonds. The standard InChI is InChI=1S/C15H21F3N4O3S/c1-2-21-26(24,25)13-5-8-22(10-13)14(23)20-7-4-12-9-11(3-6-19-12)15(16,17)18/h3,6,9,13,21H,2,4-5,7-8,10H2,1H3,(H,20,23). The molecule has 0 aliphatic carbocycles. The fourth-order valence-electron chi connectivity index (χ4n) is 2.69. The van der Waals surface area contributed by atoms with Crippen molar-refractivity contribution in [3.63, 3.8) is 0 Å². The number of likely N-dealkylation sites (tertiary alicyclic amines) is 1. The third-order valence-electron chi connectivity index (χ3n) is 4.02. The van der Waals surface area contributed by atoms with Gasteiger partial charge in [-0.15, -0.1) is 0 Å². The van der Waals surface area contributed by atoms with Crippen LogP contribution in [0.25, 0.3) is 0 Å². The van der Waals surface area contributed by atoms with E-state index in [1.54, 1.807) is 6.92 Å². The minimum absolute atomic E-state index is 0.0863. The van der Waals surface area contributed by atoms with Gasteiger partial charge in [-0.1, -0.05) is 6.92 Å². The second kappa shape index (κ2) is 8.21. The zero-order chi connectivity index (χ0) is 19.4. The van der Waals surface area contributed by atoms with E-state index in [1.165, 1.54) is 4.90 Å². The van der Waals surface area contributed by atoms with Gasteiger partial charge in [-0.25, -0.2) is 17.9 Å². The van der Waals surface area contributed by atoms with Gasteiger partial charge in [-0.05, 0) is 18.6 Å². The lowest BCUT2D eigenvalue weighted by Gasteiger charge is -2.17. The van der Waals surface area contributed by atoms with Crippen LogP contribution < -0.4 is 10.0 Å². The molecule has 1 fully saturated rings. The van der Waals surface area contributed by atoms with Gasteiger partial charge in [0.2, 0.25) is 10.0 Å². The third-order valence-corrected chi connectivity index (χ3v) is 5.97. The number of amides is 2. The first kappa shape index (κ1) is 20.4. The van der Waals surface area contributed by atoms with Crippen molar-refractivity contribution in [2.24, 2.45) is 0 Å². The Balaban J connectivity index is 1.83. The molecule has 1 atom stereocenters. The average Bonchev–Trinajstić information content (AvgIpc) is 3.05. The number of urea groups is 1. The Morgan fingerprint density at radius 1 is 1.42 bits per heavy atom. The van der Waals surface area contributed by atoms with Gasteiger partial charge in [-0.3, -0.25) is 4.98 Å². The number of nitrogens with one attached hydrogen (secondary N) is 2. The van der Waals surface area contributed by atoms with Crippen LogP contribution in [-0.4, -0.2) is 55.8 Å². The lowest BCUT2D eigenvalue weighted by Crippen LogP contribution is -2.42. The molecular formula is C15H21F3N4O3S. The summed E-state index contributed by atoms with van der Waals surface area (Å²) in [7, 11) is -3.45. The number of aromatic nitrogens is 1. The summed E-state index contributed by atoms with van der Waals surface area (Å²) in [6.45, 7) is 2.47. The lowest BCUT2D eigenvalue weighted by atomic mass is 10.2. The maximum Gasteiger partial charge on any atom is 0.416 e. The van der Waals surface area contributed by atoms with Crippen LogP contribution in [0.3, 0.4) is 0 Å². The highest BCUT2D eigenvalue weighted by Crippen LogP contribution is 2.29. The number of carbonyl (C=O) groups excluding carboxylic acids is 1. The molecule has 0 saturated carbocycles. The van der Waals surface area contributed by atoms with Crippen molar-refractivity contribution in [2.75, 3.05) is 26.2 Å². The first-order chi connectivity index (χ1) is 12.1. The Labute approximate surface area is 150 Å². The molecule has 0 aromatic carbocycles.